The minimum absolute atomic E-state index is 0.631. The van der Waals surface area contributed by atoms with E-state index < -0.39 is 19.1 Å². The number of halogens is 2. The van der Waals surface area contributed by atoms with E-state index in [1.54, 1.807) is 0 Å². The van der Waals surface area contributed by atoms with Crippen LogP contribution in [0.3, 0.4) is 0 Å². The summed E-state index contributed by atoms with van der Waals surface area (Å²) in [5.41, 5.74) is 0. The van der Waals surface area contributed by atoms with Gasteiger partial charge in [-0.2, -0.15) is 0 Å². The fourth-order valence-corrected chi connectivity index (χ4v) is 0.257. The van der Waals surface area contributed by atoms with Crippen molar-refractivity contribution in [3.63, 3.8) is 0 Å². The van der Waals surface area contributed by atoms with Gasteiger partial charge < -0.3 is 9.84 Å². The molecule has 0 radical (unpaired) electrons. The SMILES string of the molecule is CO[C@H](CO)C(F)F. The van der Waals surface area contributed by atoms with Crippen LogP contribution in [0.5, 0.6) is 0 Å². The lowest BCUT2D eigenvalue weighted by Gasteiger charge is -2.08. The van der Waals surface area contributed by atoms with Crippen molar-refractivity contribution in [2.45, 2.75) is 12.5 Å². The fourth-order valence-electron chi connectivity index (χ4n) is 0.257. The Morgan fingerprint density at radius 2 is 2.12 bits per heavy atom. The van der Waals surface area contributed by atoms with Crippen molar-refractivity contribution in [1.29, 1.82) is 0 Å². The maximum Gasteiger partial charge on any atom is 0.266 e. The van der Waals surface area contributed by atoms with Crippen molar-refractivity contribution in [3.8, 4) is 0 Å². The standard InChI is InChI=1S/C4H8F2O2/c1-8-3(2-7)4(5)6/h3-4,7H,2H2,1H3/t3-/m1/s1. The summed E-state index contributed by atoms with van der Waals surface area (Å²) in [6, 6.07) is 0. The number of hydrogen-bond donors (Lipinski definition) is 1. The highest BCUT2D eigenvalue weighted by Crippen LogP contribution is 2.02. The zero-order valence-corrected chi connectivity index (χ0v) is 4.47. The largest absolute Gasteiger partial charge is 0.393 e. The molecule has 0 spiro atoms. The lowest BCUT2D eigenvalue weighted by Crippen LogP contribution is -2.24. The first kappa shape index (κ1) is 7.78. The summed E-state index contributed by atoms with van der Waals surface area (Å²) < 4.78 is 27.0. The van der Waals surface area contributed by atoms with E-state index >= 15 is 0 Å². The molecule has 0 heterocycles. The zero-order valence-electron chi connectivity index (χ0n) is 4.47. The quantitative estimate of drug-likeness (QED) is 0.587. The molecule has 2 nitrogen and oxygen atoms in total. The topological polar surface area (TPSA) is 29.5 Å². The molecule has 0 aliphatic rings. The maximum absolute atomic E-state index is 11.4. The minimum atomic E-state index is -2.59. The van der Waals surface area contributed by atoms with E-state index in [4.69, 9.17) is 5.11 Å². The lowest BCUT2D eigenvalue weighted by atomic mass is 10.4. The van der Waals surface area contributed by atoms with Gasteiger partial charge >= 0.3 is 0 Å². The van der Waals surface area contributed by atoms with Crippen LogP contribution < -0.4 is 0 Å². The first-order valence-electron chi connectivity index (χ1n) is 2.14. The molecule has 0 aliphatic carbocycles. The monoisotopic (exact) mass is 126 g/mol. The molecule has 0 aliphatic heterocycles. The van der Waals surface area contributed by atoms with Crippen LogP contribution in [-0.2, 0) is 4.74 Å². The van der Waals surface area contributed by atoms with Crippen molar-refractivity contribution >= 4 is 0 Å². The van der Waals surface area contributed by atoms with Gasteiger partial charge in [0.25, 0.3) is 6.43 Å². The van der Waals surface area contributed by atoms with E-state index in [0.29, 0.717) is 0 Å². The summed E-state index contributed by atoms with van der Waals surface area (Å²) in [5.74, 6) is 0. The fraction of sp³-hybridized carbons (Fsp3) is 1.00. The van der Waals surface area contributed by atoms with Crippen LogP contribution in [0.4, 0.5) is 8.78 Å². The van der Waals surface area contributed by atoms with Crippen LogP contribution in [-0.4, -0.2) is 31.4 Å². The smallest absolute Gasteiger partial charge is 0.266 e. The predicted octanol–water partition coefficient (Wildman–Crippen LogP) is 0.259. The normalized spacial score (nSPS) is 14.6. The Bertz CT molecular complexity index is 54.0. The van der Waals surface area contributed by atoms with Crippen LogP contribution in [0, 0.1) is 0 Å². The van der Waals surface area contributed by atoms with Gasteiger partial charge in [0.05, 0.1) is 6.61 Å². The van der Waals surface area contributed by atoms with Crippen molar-refractivity contribution in [2.24, 2.45) is 0 Å². The Morgan fingerprint density at radius 3 is 2.12 bits per heavy atom. The average molecular weight is 126 g/mol. The van der Waals surface area contributed by atoms with Crippen molar-refractivity contribution in [2.75, 3.05) is 13.7 Å². The number of hydrogen-bond acceptors (Lipinski definition) is 2. The Balaban J connectivity index is 3.35. The predicted molar refractivity (Wildman–Crippen MR) is 23.9 cm³/mol. The van der Waals surface area contributed by atoms with E-state index in [2.05, 4.69) is 4.74 Å². The number of rotatable bonds is 3. The van der Waals surface area contributed by atoms with Crippen LogP contribution in [0.1, 0.15) is 0 Å². The van der Waals surface area contributed by atoms with Crippen molar-refractivity contribution in [1.82, 2.24) is 0 Å². The maximum atomic E-state index is 11.4. The highest BCUT2D eigenvalue weighted by molar-refractivity contribution is 4.55. The molecule has 0 aromatic heterocycles. The van der Waals surface area contributed by atoms with Gasteiger partial charge in [0.15, 0.2) is 0 Å². The molecule has 0 aromatic rings. The first-order valence-corrected chi connectivity index (χ1v) is 2.14. The summed E-state index contributed by atoms with van der Waals surface area (Å²) in [6.45, 7) is -0.631. The summed E-state index contributed by atoms with van der Waals surface area (Å²) in [5, 5.41) is 8.09. The molecule has 0 rings (SSSR count). The first-order chi connectivity index (χ1) is 3.72. The highest BCUT2D eigenvalue weighted by Gasteiger charge is 2.17. The molecule has 0 unspecified atom stereocenters. The van der Waals surface area contributed by atoms with Crippen LogP contribution in [0.2, 0.25) is 0 Å². The van der Waals surface area contributed by atoms with E-state index in [0.717, 1.165) is 7.11 Å². The molecule has 0 saturated carbocycles. The number of aliphatic hydroxyl groups excluding tert-OH is 1. The third kappa shape index (κ3) is 2.18. The Hall–Kier alpha value is -0.220. The summed E-state index contributed by atoms with van der Waals surface area (Å²) in [7, 11) is 1.13. The summed E-state index contributed by atoms with van der Waals surface area (Å²) in [6.07, 6.45) is -3.92. The van der Waals surface area contributed by atoms with E-state index in [9.17, 15) is 8.78 Å². The van der Waals surface area contributed by atoms with E-state index in [1.807, 2.05) is 0 Å². The lowest BCUT2D eigenvalue weighted by molar-refractivity contribution is -0.0586. The average Bonchev–Trinajstić information content (AvgIpc) is 1.69. The Morgan fingerprint density at radius 1 is 1.62 bits per heavy atom. The Labute approximate surface area is 46.1 Å². The minimum Gasteiger partial charge on any atom is -0.393 e. The Kier molecular flexibility index (Phi) is 3.64. The van der Waals surface area contributed by atoms with E-state index in [1.165, 1.54) is 0 Å². The molecule has 0 amide bonds. The van der Waals surface area contributed by atoms with Gasteiger partial charge in [-0.25, -0.2) is 8.78 Å². The van der Waals surface area contributed by atoms with Gasteiger partial charge in [-0.15, -0.1) is 0 Å². The molecular weight excluding hydrogens is 118 g/mol. The number of aliphatic hydroxyl groups is 1. The molecule has 50 valence electrons. The zero-order chi connectivity index (χ0) is 6.57. The van der Waals surface area contributed by atoms with Gasteiger partial charge in [0.2, 0.25) is 0 Å². The molecule has 0 saturated heterocycles. The molecular formula is C4H8F2O2. The van der Waals surface area contributed by atoms with Crippen LogP contribution >= 0.6 is 0 Å². The van der Waals surface area contributed by atoms with Gasteiger partial charge in [-0.05, 0) is 0 Å². The summed E-state index contributed by atoms with van der Waals surface area (Å²) >= 11 is 0. The molecule has 4 heteroatoms. The second-order valence-electron chi connectivity index (χ2n) is 1.29. The molecule has 0 aromatic carbocycles. The van der Waals surface area contributed by atoms with Crippen molar-refractivity contribution < 1.29 is 18.6 Å². The number of ether oxygens (including phenoxy) is 1. The molecule has 0 bridgehead atoms. The van der Waals surface area contributed by atoms with Gasteiger partial charge in [-0.3, -0.25) is 0 Å². The molecule has 8 heavy (non-hydrogen) atoms. The van der Waals surface area contributed by atoms with Crippen LogP contribution in [0.15, 0.2) is 0 Å². The number of methoxy groups -OCH3 is 1. The van der Waals surface area contributed by atoms with Gasteiger partial charge in [0.1, 0.15) is 6.10 Å². The highest BCUT2D eigenvalue weighted by atomic mass is 19.3. The van der Waals surface area contributed by atoms with E-state index in [-0.39, 0.29) is 0 Å². The molecule has 1 N–H and O–H groups in total. The second-order valence-corrected chi connectivity index (χ2v) is 1.29. The third-order valence-electron chi connectivity index (χ3n) is 0.764. The van der Waals surface area contributed by atoms with Gasteiger partial charge in [-0.1, -0.05) is 0 Å². The molecule has 1 atom stereocenters. The third-order valence-corrected chi connectivity index (χ3v) is 0.764. The van der Waals surface area contributed by atoms with Crippen LogP contribution in [0.25, 0.3) is 0 Å². The second kappa shape index (κ2) is 3.74. The van der Waals surface area contributed by atoms with Crippen molar-refractivity contribution in [3.05, 3.63) is 0 Å². The number of alkyl halides is 2. The van der Waals surface area contributed by atoms with Gasteiger partial charge in [0, 0.05) is 7.11 Å². The molecule has 0 fully saturated rings. The summed E-state index contributed by atoms with van der Waals surface area (Å²) in [4.78, 5) is 0.